The summed E-state index contributed by atoms with van der Waals surface area (Å²) in [5, 5.41) is 22.1. The SMILES string of the molecule is C/C(=C\C=C\[C@H](C)c1ccccn1)[C@H]1OC(=O)C[C@@H](O)CC[C@](C)(O)[C@@H](OC(=O)N2CCN(C3CCCC3)CC2)/C=C/[C@@H]1C. The summed E-state index contributed by atoms with van der Waals surface area (Å²) in [5.74, 6) is -0.684. The predicted octanol–water partition coefficient (Wildman–Crippen LogP) is 5.15. The molecule has 1 saturated carbocycles. The first kappa shape index (κ1) is 33.9. The number of amides is 1. The van der Waals surface area contributed by atoms with Crippen LogP contribution in [0.3, 0.4) is 0 Å². The number of aliphatic hydroxyl groups is 2. The second-order valence-corrected chi connectivity index (χ2v) is 13.0. The number of aliphatic hydroxyl groups excluding tert-OH is 1. The summed E-state index contributed by atoms with van der Waals surface area (Å²) in [5.41, 5.74) is 0.347. The minimum atomic E-state index is -1.44. The predicted molar refractivity (Wildman–Crippen MR) is 170 cm³/mol. The number of hydrogen-bond acceptors (Lipinski definition) is 8. The van der Waals surface area contributed by atoms with Crippen molar-refractivity contribution in [2.45, 2.75) is 109 Å². The van der Waals surface area contributed by atoms with E-state index >= 15 is 0 Å². The number of ether oxygens (including phenoxy) is 2. The molecule has 0 bridgehead atoms. The highest BCUT2D eigenvalue weighted by molar-refractivity contribution is 5.70. The third-order valence-electron chi connectivity index (χ3n) is 9.33. The van der Waals surface area contributed by atoms with Gasteiger partial charge in [0.2, 0.25) is 0 Å². The van der Waals surface area contributed by atoms with Crippen molar-refractivity contribution in [3.8, 4) is 0 Å². The van der Waals surface area contributed by atoms with E-state index < -0.39 is 36.0 Å². The average molecular weight is 610 g/mol. The minimum absolute atomic E-state index is 0.106. The van der Waals surface area contributed by atoms with Crippen molar-refractivity contribution in [1.29, 1.82) is 0 Å². The van der Waals surface area contributed by atoms with Crippen LogP contribution in [0.15, 0.2) is 60.3 Å². The Bertz CT molecular complexity index is 1170. The van der Waals surface area contributed by atoms with Crippen molar-refractivity contribution >= 4 is 12.1 Å². The van der Waals surface area contributed by atoms with Crippen molar-refractivity contribution in [3.05, 3.63) is 66.0 Å². The molecule has 242 valence electrons. The van der Waals surface area contributed by atoms with E-state index in [0.717, 1.165) is 24.4 Å². The van der Waals surface area contributed by atoms with E-state index in [0.29, 0.717) is 19.1 Å². The number of carbonyl (C=O) groups excluding carboxylic acids is 2. The molecule has 9 heteroatoms. The number of esters is 1. The monoisotopic (exact) mass is 609 g/mol. The molecule has 1 aliphatic carbocycles. The molecule has 4 rings (SSSR count). The molecule has 0 unspecified atom stereocenters. The Kier molecular flexibility index (Phi) is 12.2. The van der Waals surface area contributed by atoms with Gasteiger partial charge in [-0.3, -0.25) is 14.7 Å². The third kappa shape index (κ3) is 9.49. The van der Waals surface area contributed by atoms with Gasteiger partial charge in [-0.1, -0.05) is 57.1 Å². The van der Waals surface area contributed by atoms with Gasteiger partial charge in [-0.05, 0) is 63.3 Å². The Morgan fingerprint density at radius 2 is 1.89 bits per heavy atom. The molecule has 2 N–H and O–H groups in total. The fourth-order valence-corrected chi connectivity index (χ4v) is 6.39. The number of allylic oxidation sites excluding steroid dienone is 3. The maximum atomic E-state index is 13.3. The summed E-state index contributed by atoms with van der Waals surface area (Å²) in [7, 11) is 0. The van der Waals surface area contributed by atoms with Gasteiger partial charge < -0.3 is 24.6 Å². The van der Waals surface area contributed by atoms with Crippen LogP contribution in [0, 0.1) is 5.92 Å². The van der Waals surface area contributed by atoms with E-state index in [1.807, 2.05) is 56.4 Å². The molecule has 2 aliphatic heterocycles. The van der Waals surface area contributed by atoms with E-state index in [2.05, 4.69) is 16.8 Å². The van der Waals surface area contributed by atoms with E-state index in [1.54, 1.807) is 24.1 Å². The van der Waals surface area contributed by atoms with Crippen molar-refractivity contribution in [2.24, 2.45) is 5.92 Å². The van der Waals surface area contributed by atoms with Crippen molar-refractivity contribution in [3.63, 3.8) is 0 Å². The summed E-state index contributed by atoms with van der Waals surface area (Å²) in [6.07, 6.45) is 13.4. The van der Waals surface area contributed by atoms with Crippen LogP contribution in [-0.2, 0) is 14.3 Å². The normalized spacial score (nSPS) is 31.6. The van der Waals surface area contributed by atoms with Gasteiger partial charge in [-0.15, -0.1) is 0 Å². The van der Waals surface area contributed by atoms with E-state index in [9.17, 15) is 19.8 Å². The van der Waals surface area contributed by atoms with Gasteiger partial charge in [-0.25, -0.2) is 4.79 Å². The standard InChI is InChI=1S/C35H51N3O6/c1-25(30-14-7-8-19-36-30)10-9-11-26(2)33-27(3)15-16-31(35(4,42)18-17-29(39)24-32(40)44-33)43-34(41)38-22-20-37(21-23-38)28-12-5-6-13-28/h7-11,14-16,19,25,27-29,31,33,39,42H,5-6,12-13,17-18,20-24H2,1-4H3/b10-9+,16-15+,26-11+/t25-,27-,29-,31-,33+,35-/m0/s1. The molecule has 3 aliphatic rings. The van der Waals surface area contributed by atoms with Crippen molar-refractivity contribution in [2.75, 3.05) is 26.2 Å². The minimum Gasteiger partial charge on any atom is -0.457 e. The maximum absolute atomic E-state index is 13.3. The number of rotatable bonds is 6. The van der Waals surface area contributed by atoms with Gasteiger partial charge in [0, 0.05) is 55.9 Å². The second-order valence-electron chi connectivity index (χ2n) is 13.0. The Labute approximate surface area is 262 Å². The number of pyridine rings is 1. The first-order valence-electron chi connectivity index (χ1n) is 16.3. The summed E-state index contributed by atoms with van der Waals surface area (Å²) >= 11 is 0. The molecule has 0 radical (unpaired) electrons. The molecular formula is C35H51N3O6. The lowest BCUT2D eigenvalue weighted by atomic mass is 9.88. The van der Waals surface area contributed by atoms with Crippen LogP contribution in [0.2, 0.25) is 0 Å². The first-order chi connectivity index (χ1) is 21.0. The number of nitrogens with zero attached hydrogens (tertiary/aromatic N) is 3. The Hall–Kier alpha value is -3.01. The first-order valence-corrected chi connectivity index (χ1v) is 16.3. The molecule has 1 saturated heterocycles. The number of piperazine rings is 1. The maximum Gasteiger partial charge on any atom is 0.410 e. The average Bonchev–Trinajstić information content (AvgIpc) is 3.56. The van der Waals surface area contributed by atoms with Gasteiger partial charge in [0.1, 0.15) is 11.7 Å². The highest BCUT2D eigenvalue weighted by atomic mass is 16.6. The fourth-order valence-electron chi connectivity index (χ4n) is 6.39. The summed E-state index contributed by atoms with van der Waals surface area (Å²) in [6, 6.07) is 6.44. The molecular weight excluding hydrogens is 558 g/mol. The van der Waals surface area contributed by atoms with Gasteiger partial charge in [0.15, 0.2) is 6.10 Å². The number of cyclic esters (lactones) is 1. The topological polar surface area (TPSA) is 112 Å². The van der Waals surface area contributed by atoms with E-state index in [4.69, 9.17) is 9.47 Å². The van der Waals surface area contributed by atoms with Gasteiger partial charge in [0.25, 0.3) is 0 Å². The molecule has 1 aromatic rings. The van der Waals surface area contributed by atoms with Crippen LogP contribution in [0.25, 0.3) is 0 Å². The van der Waals surface area contributed by atoms with Crippen LogP contribution in [-0.4, -0.2) is 93.2 Å². The van der Waals surface area contributed by atoms with E-state index in [1.165, 1.54) is 25.7 Å². The molecule has 6 atom stereocenters. The molecule has 0 spiro atoms. The smallest absolute Gasteiger partial charge is 0.410 e. The van der Waals surface area contributed by atoms with Crippen molar-refractivity contribution in [1.82, 2.24) is 14.8 Å². The largest absolute Gasteiger partial charge is 0.457 e. The van der Waals surface area contributed by atoms with Crippen LogP contribution < -0.4 is 0 Å². The zero-order valence-corrected chi connectivity index (χ0v) is 26.8. The Balaban J connectivity index is 1.47. The fraction of sp³-hybridized carbons (Fsp3) is 0.629. The summed E-state index contributed by atoms with van der Waals surface area (Å²) in [6.45, 7) is 10.3. The quantitative estimate of drug-likeness (QED) is 0.259. The number of carbonyl (C=O) groups is 2. The molecule has 0 aromatic carbocycles. The second kappa shape index (κ2) is 15.8. The highest BCUT2D eigenvalue weighted by Crippen LogP contribution is 2.28. The molecule has 1 aromatic heterocycles. The van der Waals surface area contributed by atoms with Crippen LogP contribution in [0.5, 0.6) is 0 Å². The highest BCUT2D eigenvalue weighted by Gasteiger charge is 2.37. The molecule has 2 fully saturated rings. The molecule has 9 nitrogen and oxygen atoms in total. The molecule has 44 heavy (non-hydrogen) atoms. The third-order valence-corrected chi connectivity index (χ3v) is 9.33. The summed E-state index contributed by atoms with van der Waals surface area (Å²) < 4.78 is 11.8. The summed E-state index contributed by atoms with van der Waals surface area (Å²) in [4.78, 5) is 34.7. The number of aromatic nitrogens is 1. The van der Waals surface area contributed by atoms with Crippen molar-refractivity contribution < 1.29 is 29.3 Å². The Morgan fingerprint density at radius 3 is 2.57 bits per heavy atom. The molecule has 1 amide bonds. The lowest BCUT2D eigenvalue weighted by Crippen LogP contribution is -2.53. The lowest BCUT2D eigenvalue weighted by Gasteiger charge is -2.39. The number of hydrogen-bond donors (Lipinski definition) is 2. The molecule has 3 heterocycles. The zero-order chi connectivity index (χ0) is 31.7. The van der Waals surface area contributed by atoms with Gasteiger partial charge in [-0.2, -0.15) is 0 Å². The Morgan fingerprint density at radius 1 is 1.16 bits per heavy atom. The van der Waals surface area contributed by atoms with Gasteiger partial charge >= 0.3 is 12.1 Å². The van der Waals surface area contributed by atoms with Crippen LogP contribution in [0.1, 0.15) is 84.3 Å². The van der Waals surface area contributed by atoms with Crippen LogP contribution in [0.4, 0.5) is 4.79 Å². The van der Waals surface area contributed by atoms with Crippen LogP contribution >= 0.6 is 0 Å². The zero-order valence-electron chi connectivity index (χ0n) is 26.8. The van der Waals surface area contributed by atoms with Gasteiger partial charge in [0.05, 0.1) is 12.5 Å². The lowest BCUT2D eigenvalue weighted by molar-refractivity contribution is -0.151. The van der Waals surface area contributed by atoms with E-state index in [-0.39, 0.29) is 31.1 Å².